The van der Waals surface area contributed by atoms with Gasteiger partial charge in [0.25, 0.3) is 0 Å². The molecule has 0 saturated carbocycles. The molecule has 0 radical (unpaired) electrons. The number of anilines is 1. The van der Waals surface area contributed by atoms with Crippen molar-refractivity contribution >= 4 is 17.3 Å². The molecule has 21 heavy (non-hydrogen) atoms. The fourth-order valence-electron chi connectivity index (χ4n) is 1.80. The zero-order chi connectivity index (χ0) is 15.2. The van der Waals surface area contributed by atoms with Gasteiger partial charge in [0.15, 0.2) is 0 Å². The SMILES string of the molecule is COc1ccc(CNc2ccc(OC(C)C)c(Cl)c2)cn1. The fourth-order valence-corrected chi connectivity index (χ4v) is 2.03. The van der Waals surface area contributed by atoms with Gasteiger partial charge < -0.3 is 14.8 Å². The van der Waals surface area contributed by atoms with Crippen LogP contribution in [-0.4, -0.2) is 18.2 Å². The summed E-state index contributed by atoms with van der Waals surface area (Å²) in [7, 11) is 1.60. The molecular formula is C16H19ClN2O2. The fraction of sp³-hybridized carbons (Fsp3) is 0.312. The van der Waals surface area contributed by atoms with Gasteiger partial charge in [-0.05, 0) is 37.6 Å². The van der Waals surface area contributed by atoms with E-state index in [0.717, 1.165) is 11.3 Å². The van der Waals surface area contributed by atoms with Gasteiger partial charge in [-0.15, -0.1) is 0 Å². The van der Waals surface area contributed by atoms with E-state index in [0.29, 0.717) is 23.2 Å². The number of nitrogens with one attached hydrogen (secondary N) is 1. The molecule has 0 bridgehead atoms. The van der Waals surface area contributed by atoms with Gasteiger partial charge in [-0.3, -0.25) is 0 Å². The molecule has 0 aliphatic heterocycles. The topological polar surface area (TPSA) is 43.4 Å². The lowest BCUT2D eigenvalue weighted by Gasteiger charge is -2.13. The minimum Gasteiger partial charge on any atom is -0.489 e. The van der Waals surface area contributed by atoms with E-state index < -0.39 is 0 Å². The molecule has 4 nitrogen and oxygen atoms in total. The number of halogens is 1. The van der Waals surface area contributed by atoms with Gasteiger partial charge >= 0.3 is 0 Å². The summed E-state index contributed by atoms with van der Waals surface area (Å²) in [6, 6.07) is 9.48. The smallest absolute Gasteiger partial charge is 0.212 e. The van der Waals surface area contributed by atoms with Crippen LogP contribution in [0.15, 0.2) is 36.5 Å². The molecule has 0 spiro atoms. The van der Waals surface area contributed by atoms with Crippen molar-refractivity contribution in [3.63, 3.8) is 0 Å². The summed E-state index contributed by atoms with van der Waals surface area (Å²) in [6.07, 6.45) is 1.88. The maximum Gasteiger partial charge on any atom is 0.212 e. The Morgan fingerprint density at radius 1 is 1.24 bits per heavy atom. The Kier molecular flexibility index (Phi) is 5.28. The standard InChI is InChI=1S/C16H19ClN2O2/c1-11(2)21-15-6-5-13(8-14(15)17)18-9-12-4-7-16(20-3)19-10-12/h4-8,10-11,18H,9H2,1-3H3. The number of methoxy groups -OCH3 is 1. The van der Waals surface area contributed by atoms with E-state index in [2.05, 4.69) is 10.3 Å². The quantitative estimate of drug-likeness (QED) is 0.871. The summed E-state index contributed by atoms with van der Waals surface area (Å²) in [5.74, 6) is 1.31. The van der Waals surface area contributed by atoms with Crippen LogP contribution in [0.4, 0.5) is 5.69 Å². The lowest BCUT2D eigenvalue weighted by molar-refractivity contribution is 0.242. The molecule has 0 fully saturated rings. The average molecular weight is 307 g/mol. The van der Waals surface area contributed by atoms with E-state index in [1.54, 1.807) is 13.3 Å². The van der Waals surface area contributed by atoms with Crippen molar-refractivity contribution in [2.75, 3.05) is 12.4 Å². The summed E-state index contributed by atoms with van der Waals surface area (Å²) in [5.41, 5.74) is 2.00. The van der Waals surface area contributed by atoms with Gasteiger partial charge in [-0.1, -0.05) is 17.7 Å². The van der Waals surface area contributed by atoms with Crippen LogP contribution in [0.5, 0.6) is 11.6 Å². The zero-order valence-corrected chi connectivity index (χ0v) is 13.1. The number of benzene rings is 1. The van der Waals surface area contributed by atoms with Crippen molar-refractivity contribution in [3.05, 3.63) is 47.1 Å². The number of hydrogen-bond donors (Lipinski definition) is 1. The van der Waals surface area contributed by atoms with Gasteiger partial charge in [-0.25, -0.2) is 4.98 Å². The first-order valence-electron chi connectivity index (χ1n) is 6.77. The van der Waals surface area contributed by atoms with Crippen molar-refractivity contribution in [1.29, 1.82) is 0 Å². The third kappa shape index (κ3) is 4.53. The molecule has 112 valence electrons. The number of aromatic nitrogens is 1. The van der Waals surface area contributed by atoms with Gasteiger partial charge in [0.05, 0.1) is 18.2 Å². The van der Waals surface area contributed by atoms with Crippen LogP contribution in [0.3, 0.4) is 0 Å². The van der Waals surface area contributed by atoms with E-state index in [-0.39, 0.29) is 6.10 Å². The molecule has 0 aliphatic rings. The van der Waals surface area contributed by atoms with Crippen molar-refractivity contribution < 1.29 is 9.47 Å². The average Bonchev–Trinajstić information content (AvgIpc) is 2.48. The predicted octanol–water partition coefficient (Wildman–Crippen LogP) is 4.14. The van der Waals surface area contributed by atoms with E-state index >= 15 is 0 Å². The Labute approximate surface area is 130 Å². The molecule has 5 heteroatoms. The Hall–Kier alpha value is -1.94. The highest BCUT2D eigenvalue weighted by molar-refractivity contribution is 6.32. The molecule has 1 N–H and O–H groups in total. The molecule has 2 rings (SSSR count). The largest absolute Gasteiger partial charge is 0.489 e. The first kappa shape index (κ1) is 15.4. The summed E-state index contributed by atoms with van der Waals surface area (Å²) < 4.78 is 10.6. The normalized spacial score (nSPS) is 10.5. The molecule has 0 saturated heterocycles. The molecule has 1 aromatic carbocycles. The lowest BCUT2D eigenvalue weighted by Crippen LogP contribution is -2.06. The number of pyridine rings is 1. The minimum absolute atomic E-state index is 0.103. The van der Waals surface area contributed by atoms with E-state index in [1.165, 1.54) is 0 Å². The highest BCUT2D eigenvalue weighted by atomic mass is 35.5. The summed E-state index contributed by atoms with van der Waals surface area (Å²) in [6.45, 7) is 4.61. The monoisotopic (exact) mass is 306 g/mol. The second-order valence-corrected chi connectivity index (χ2v) is 5.28. The van der Waals surface area contributed by atoms with Gasteiger partial charge in [0, 0.05) is 24.5 Å². The van der Waals surface area contributed by atoms with Crippen LogP contribution in [0, 0.1) is 0 Å². The van der Waals surface area contributed by atoms with E-state index in [4.69, 9.17) is 21.1 Å². The Morgan fingerprint density at radius 3 is 2.62 bits per heavy atom. The number of nitrogens with zero attached hydrogens (tertiary/aromatic N) is 1. The van der Waals surface area contributed by atoms with Crippen LogP contribution in [0.1, 0.15) is 19.4 Å². The number of ether oxygens (including phenoxy) is 2. The third-order valence-corrected chi connectivity index (χ3v) is 3.09. The van der Waals surface area contributed by atoms with Crippen LogP contribution in [0.25, 0.3) is 0 Å². The molecular weight excluding hydrogens is 288 g/mol. The van der Waals surface area contributed by atoms with Crippen molar-refractivity contribution in [3.8, 4) is 11.6 Å². The second-order valence-electron chi connectivity index (χ2n) is 4.87. The van der Waals surface area contributed by atoms with E-state index in [1.807, 2.05) is 44.2 Å². The molecule has 1 heterocycles. The number of hydrogen-bond acceptors (Lipinski definition) is 4. The predicted molar refractivity (Wildman–Crippen MR) is 85.3 cm³/mol. The minimum atomic E-state index is 0.103. The molecule has 0 aliphatic carbocycles. The molecule has 0 atom stereocenters. The van der Waals surface area contributed by atoms with Crippen molar-refractivity contribution in [2.24, 2.45) is 0 Å². The highest BCUT2D eigenvalue weighted by Crippen LogP contribution is 2.28. The molecule has 0 unspecified atom stereocenters. The van der Waals surface area contributed by atoms with E-state index in [9.17, 15) is 0 Å². The summed E-state index contributed by atoms with van der Waals surface area (Å²) in [4.78, 5) is 4.17. The summed E-state index contributed by atoms with van der Waals surface area (Å²) in [5, 5.41) is 3.90. The second kappa shape index (κ2) is 7.18. The maximum atomic E-state index is 6.20. The van der Waals surface area contributed by atoms with Crippen molar-refractivity contribution in [2.45, 2.75) is 26.5 Å². The molecule has 2 aromatic rings. The molecule has 1 aromatic heterocycles. The summed E-state index contributed by atoms with van der Waals surface area (Å²) >= 11 is 6.20. The van der Waals surface area contributed by atoms with Gasteiger partial charge in [0.2, 0.25) is 5.88 Å². The Morgan fingerprint density at radius 2 is 2.05 bits per heavy atom. The zero-order valence-electron chi connectivity index (χ0n) is 12.4. The van der Waals surface area contributed by atoms with Crippen molar-refractivity contribution in [1.82, 2.24) is 4.98 Å². The number of rotatable bonds is 6. The third-order valence-electron chi connectivity index (χ3n) is 2.80. The van der Waals surface area contributed by atoms with Crippen LogP contribution in [-0.2, 0) is 6.54 Å². The van der Waals surface area contributed by atoms with Gasteiger partial charge in [-0.2, -0.15) is 0 Å². The first-order chi connectivity index (χ1) is 10.1. The van der Waals surface area contributed by atoms with Crippen LogP contribution >= 0.6 is 11.6 Å². The van der Waals surface area contributed by atoms with Crippen LogP contribution in [0.2, 0.25) is 5.02 Å². The maximum absolute atomic E-state index is 6.20. The Balaban J connectivity index is 1.98. The highest BCUT2D eigenvalue weighted by Gasteiger charge is 2.05. The van der Waals surface area contributed by atoms with Crippen LogP contribution < -0.4 is 14.8 Å². The Bertz CT molecular complexity index is 585. The first-order valence-corrected chi connectivity index (χ1v) is 7.15. The van der Waals surface area contributed by atoms with Gasteiger partial charge in [0.1, 0.15) is 5.75 Å². The molecule has 0 amide bonds. The lowest BCUT2D eigenvalue weighted by atomic mass is 10.2.